The monoisotopic (exact) mass is 1430 g/mol. The van der Waals surface area contributed by atoms with Crippen LogP contribution in [0.15, 0.2) is 219 Å². The van der Waals surface area contributed by atoms with E-state index in [4.69, 9.17) is 0 Å². The van der Waals surface area contributed by atoms with Crippen molar-refractivity contribution in [1.82, 2.24) is 105 Å². The van der Waals surface area contributed by atoms with Crippen molar-refractivity contribution in [3.05, 3.63) is 235 Å². The van der Waals surface area contributed by atoms with E-state index in [1.807, 2.05) is 261 Å². The van der Waals surface area contributed by atoms with Gasteiger partial charge in [0.2, 0.25) is 0 Å². The number of aliphatic imine (C=N–C) groups is 1. The molecule has 10 aromatic rings. The van der Waals surface area contributed by atoms with Crippen LogP contribution in [0.5, 0.6) is 0 Å². The minimum Gasteiger partial charge on any atom is -0.265 e. The lowest BCUT2D eigenvalue weighted by Gasteiger charge is -1.82. The van der Waals surface area contributed by atoms with E-state index >= 15 is 0 Å². The van der Waals surface area contributed by atoms with Crippen LogP contribution in [-0.2, 0) is 14.1 Å². The third-order valence-electron chi connectivity index (χ3n) is 9.26. The quantitative estimate of drug-likeness (QED) is 0.136. The van der Waals surface area contributed by atoms with Gasteiger partial charge in [0.25, 0.3) is 0 Å². The van der Waals surface area contributed by atoms with Gasteiger partial charge in [0.1, 0.15) is 36.7 Å². The van der Waals surface area contributed by atoms with Crippen LogP contribution in [0.2, 0.25) is 0 Å². The van der Waals surface area contributed by atoms with Crippen molar-refractivity contribution in [2.24, 2.45) is 55.0 Å². The maximum absolute atomic E-state index is 3.98. The number of tetrazole rings is 2. The Morgan fingerprint density at radius 3 is 1.14 bits per heavy atom. The number of amidine groups is 1. The smallest absolute Gasteiger partial charge is 0.171 e. The van der Waals surface area contributed by atoms with E-state index in [1.54, 1.807) is 119 Å². The molecule has 13 heterocycles. The van der Waals surface area contributed by atoms with E-state index in [0.717, 1.165) is 58.1 Å². The van der Waals surface area contributed by atoms with Crippen LogP contribution in [0, 0.1) is 69.2 Å². The van der Waals surface area contributed by atoms with Crippen molar-refractivity contribution in [3.8, 4) is 0 Å². The van der Waals surface area contributed by atoms with Crippen LogP contribution in [0.3, 0.4) is 0 Å². The fourth-order valence-electron chi connectivity index (χ4n) is 4.74. The molecular weight excluding hydrogens is 1310 g/mol. The second kappa shape index (κ2) is 89.9. The molecule has 0 atom stereocenters. The van der Waals surface area contributed by atoms with Crippen molar-refractivity contribution >= 4 is 11.5 Å². The average Bonchev–Trinajstić information content (AvgIpc) is 4.04. The van der Waals surface area contributed by atoms with Crippen LogP contribution in [-0.4, -0.2) is 137 Å². The Labute approximate surface area is 624 Å². The molecule has 10 aromatic heterocycles. The highest BCUT2D eigenvalue weighted by Gasteiger charge is 1.92. The molecule has 0 saturated carbocycles. The maximum Gasteiger partial charge on any atom is 0.171 e. The molecule has 0 aromatic carbocycles. The minimum atomic E-state index is 0.534. The van der Waals surface area contributed by atoms with Gasteiger partial charge in [0.15, 0.2) is 12.5 Å². The second-order valence-electron chi connectivity index (χ2n) is 17.7. The van der Waals surface area contributed by atoms with E-state index in [2.05, 4.69) is 137 Å². The molecule has 0 fully saturated rings. The SMILES string of the molecule is CC.CC.CC.CC.CC.CC.CC.CC.CC1=CN=NC1.CC1=NCN=N1.CC1=NN=NC1.Cc1ccccn1.Cc1cccnc1.Cc1cccnn1.Cc1ccncc1.Cc1ccncn1.Cc1cnccn1.Cc1cncnc1.Cc1ncccn1.Cc1nnn(C)n1.Cc1nnnn1C. The molecule has 3 aliphatic rings. The fourth-order valence-corrected chi connectivity index (χ4v) is 4.74. The van der Waals surface area contributed by atoms with E-state index in [0.29, 0.717) is 19.0 Å². The lowest BCUT2D eigenvalue weighted by Crippen LogP contribution is -1.92. The molecule has 0 radical (unpaired) electrons. The predicted octanol–water partition coefficient (Wildman–Crippen LogP) is 18.4. The first-order valence-electron chi connectivity index (χ1n) is 34.9. The molecule has 0 unspecified atom stereocenters. The summed E-state index contributed by atoms with van der Waals surface area (Å²) in [4.78, 5) is 47.6. The van der Waals surface area contributed by atoms with E-state index in [9.17, 15) is 0 Å². The number of pyridine rings is 3. The molecule has 13 rings (SSSR count). The summed E-state index contributed by atoms with van der Waals surface area (Å²) in [6, 6.07) is 21.2. The lowest BCUT2D eigenvalue weighted by molar-refractivity contribution is 0.629. The molecule has 3 aliphatic heterocycles. The average molecular weight is 1440 g/mol. The first-order valence-corrected chi connectivity index (χ1v) is 34.9. The Morgan fingerprint density at radius 2 is 0.942 bits per heavy atom. The van der Waals surface area contributed by atoms with Gasteiger partial charge >= 0.3 is 0 Å². The van der Waals surface area contributed by atoms with Gasteiger partial charge in [-0.2, -0.15) is 35.5 Å². The summed E-state index contributed by atoms with van der Waals surface area (Å²) in [5.74, 6) is 3.15. The lowest BCUT2D eigenvalue weighted by atomic mass is 10.3. The van der Waals surface area contributed by atoms with Gasteiger partial charge in [-0.25, -0.2) is 39.6 Å². The van der Waals surface area contributed by atoms with Crippen LogP contribution < -0.4 is 0 Å². The zero-order valence-corrected chi connectivity index (χ0v) is 68.8. The molecule has 0 saturated heterocycles. The normalized spacial score (nSPS) is 9.62. The van der Waals surface area contributed by atoms with Crippen molar-refractivity contribution in [2.75, 3.05) is 19.8 Å². The van der Waals surface area contributed by atoms with Crippen molar-refractivity contribution < 1.29 is 0 Å². The molecule has 104 heavy (non-hydrogen) atoms. The number of nitrogens with zero attached hydrogens (tertiary/aromatic N) is 29. The van der Waals surface area contributed by atoms with Crippen molar-refractivity contribution in [3.63, 3.8) is 0 Å². The van der Waals surface area contributed by atoms with Gasteiger partial charge < -0.3 is 0 Å². The zero-order valence-electron chi connectivity index (χ0n) is 68.8. The van der Waals surface area contributed by atoms with Crippen LogP contribution in [0.4, 0.5) is 0 Å². The van der Waals surface area contributed by atoms with Crippen LogP contribution >= 0.6 is 0 Å². The third-order valence-corrected chi connectivity index (χ3v) is 9.26. The summed E-state index contributed by atoms with van der Waals surface area (Å²) in [6.45, 7) is 59.0. The molecule has 29 nitrogen and oxygen atoms in total. The second-order valence-corrected chi connectivity index (χ2v) is 17.7. The Kier molecular flexibility index (Phi) is 94.0. The summed E-state index contributed by atoms with van der Waals surface area (Å²) in [6.07, 6.45) is 29.2. The summed E-state index contributed by atoms with van der Waals surface area (Å²) in [5, 5.41) is 54.0. The van der Waals surface area contributed by atoms with Crippen LogP contribution in [0.25, 0.3) is 0 Å². The first kappa shape index (κ1) is 109. The van der Waals surface area contributed by atoms with Gasteiger partial charge in [-0.15, -0.1) is 25.5 Å². The minimum absolute atomic E-state index is 0.534. The Bertz CT molecular complexity index is 2900. The van der Waals surface area contributed by atoms with Gasteiger partial charge in [-0.05, 0) is 188 Å². The van der Waals surface area contributed by atoms with Crippen molar-refractivity contribution in [1.29, 1.82) is 0 Å². The largest absolute Gasteiger partial charge is 0.265 e. The van der Waals surface area contributed by atoms with Crippen LogP contribution in [0.1, 0.15) is 188 Å². The van der Waals surface area contributed by atoms with Gasteiger partial charge in [0.05, 0.1) is 30.7 Å². The topological polar surface area (TPSA) is 354 Å². The zero-order chi connectivity index (χ0) is 80.7. The standard InChI is InChI=1S/3C6H7N.5C5H6N2.C4H6N2.2C3H6N4.2C3H5N3.8C2H6/c1-6-2-4-7-5-3-6;1-6-3-2-4-7-5-6;1-6-4-2-3-5-7-6;1-5-2-6-4-7-3-5;1-5-4-6-2-3-7-5;1-5-2-3-6-4-7-5;1-5-6-3-2-4-7-5;1-5-3-2-4-6-7-5;1-4-2-5-6-3-4;1-3-4-5-6-7(3)2;1-3-4-6-7(2)5-3;1-3-4-2-5-6-3;1-3-2-4-6-5-3;8*1-2/h3*2-5H,1H3;5*2-4H,1H3;2H,3H2,1H3;2*1-2H3;2*2H2,1H3;8*1-2H3. The number of aryl methyl sites for hydroxylation is 12. The summed E-state index contributed by atoms with van der Waals surface area (Å²) < 4.78 is 1.61. The summed E-state index contributed by atoms with van der Waals surface area (Å²) in [5.41, 5.74) is 9.81. The van der Waals surface area contributed by atoms with E-state index in [-0.39, 0.29) is 0 Å². The highest BCUT2D eigenvalue weighted by molar-refractivity contribution is 5.84. The number of aromatic nitrogens is 21. The molecule has 0 amide bonds. The maximum atomic E-state index is 3.98. The Hall–Kier alpha value is -11.1. The van der Waals surface area contributed by atoms with Gasteiger partial charge in [-0.3, -0.25) is 24.9 Å². The molecule has 29 heteroatoms. The number of azo groups is 2. The molecule has 0 N–H and O–H groups in total. The Balaban J connectivity index is -0.000000157. The summed E-state index contributed by atoms with van der Waals surface area (Å²) >= 11 is 0. The van der Waals surface area contributed by atoms with Gasteiger partial charge in [-0.1, -0.05) is 123 Å². The van der Waals surface area contributed by atoms with Gasteiger partial charge in [0, 0.05) is 111 Å². The molecule has 0 spiro atoms. The van der Waals surface area contributed by atoms with Crippen molar-refractivity contribution in [2.45, 2.75) is 201 Å². The number of rotatable bonds is 0. The number of hydrogen-bond donors (Lipinski definition) is 0. The highest BCUT2D eigenvalue weighted by Crippen LogP contribution is 2.01. The summed E-state index contributed by atoms with van der Waals surface area (Å²) in [7, 11) is 3.54. The predicted molar refractivity (Wildman–Crippen MR) is 428 cm³/mol. The van der Waals surface area contributed by atoms with E-state index in [1.165, 1.54) is 34.2 Å². The Morgan fingerprint density at radius 1 is 0.375 bits per heavy atom. The molecule has 572 valence electrons. The van der Waals surface area contributed by atoms with E-state index < -0.39 is 0 Å². The molecule has 0 bridgehead atoms. The highest BCUT2D eigenvalue weighted by atomic mass is 15.6. The fraction of sp³-hybridized carbons (Fsp3) is 0.453. The number of hydrogen-bond acceptors (Lipinski definition) is 27. The third kappa shape index (κ3) is 85.1. The first-order chi connectivity index (χ1) is 50.4. The molecule has 0 aliphatic carbocycles. The molecular formula is C75H127N29.